The molecule has 0 amide bonds. The third-order valence-corrected chi connectivity index (χ3v) is 6.27. The molecule has 2 bridgehead atoms. The summed E-state index contributed by atoms with van der Waals surface area (Å²) in [5, 5.41) is 4.73. The molecule has 3 unspecified atom stereocenters. The van der Waals surface area contributed by atoms with Crippen molar-refractivity contribution < 1.29 is 0 Å². The average molecular weight is 305 g/mol. The SMILES string of the molecule is CN1C2CCC1CC(CNC1CCc3cc(Cl)ccc31)C2. The molecule has 1 aromatic rings. The Kier molecular flexibility index (Phi) is 3.72. The molecule has 114 valence electrons. The normalized spacial score (nSPS) is 35.1. The summed E-state index contributed by atoms with van der Waals surface area (Å²) in [5.41, 5.74) is 2.93. The zero-order valence-electron chi connectivity index (χ0n) is 12.8. The van der Waals surface area contributed by atoms with Crippen LogP contribution in [-0.2, 0) is 6.42 Å². The highest BCUT2D eigenvalue weighted by Gasteiger charge is 2.38. The summed E-state index contributed by atoms with van der Waals surface area (Å²) in [6.07, 6.45) is 8.02. The summed E-state index contributed by atoms with van der Waals surface area (Å²) in [7, 11) is 2.32. The third kappa shape index (κ3) is 2.62. The van der Waals surface area contributed by atoms with Crippen molar-refractivity contribution in [1.82, 2.24) is 10.2 Å². The Morgan fingerprint density at radius 3 is 2.71 bits per heavy atom. The van der Waals surface area contributed by atoms with Gasteiger partial charge >= 0.3 is 0 Å². The number of nitrogens with one attached hydrogen (secondary N) is 1. The highest BCUT2D eigenvalue weighted by atomic mass is 35.5. The first kappa shape index (κ1) is 14.0. The molecule has 0 radical (unpaired) electrons. The molecule has 1 N–H and O–H groups in total. The quantitative estimate of drug-likeness (QED) is 0.914. The van der Waals surface area contributed by atoms with Gasteiger partial charge in [-0.25, -0.2) is 0 Å². The van der Waals surface area contributed by atoms with Crippen molar-refractivity contribution >= 4 is 11.6 Å². The Morgan fingerprint density at radius 2 is 1.95 bits per heavy atom. The van der Waals surface area contributed by atoms with Gasteiger partial charge in [0.15, 0.2) is 0 Å². The molecule has 2 aliphatic heterocycles. The maximum absolute atomic E-state index is 6.10. The van der Waals surface area contributed by atoms with Crippen LogP contribution < -0.4 is 5.32 Å². The van der Waals surface area contributed by atoms with Gasteiger partial charge in [0.25, 0.3) is 0 Å². The molecule has 3 heteroatoms. The average Bonchev–Trinajstić information content (AvgIpc) is 2.93. The van der Waals surface area contributed by atoms with Gasteiger partial charge in [-0.3, -0.25) is 0 Å². The van der Waals surface area contributed by atoms with E-state index < -0.39 is 0 Å². The van der Waals surface area contributed by atoms with Gasteiger partial charge in [-0.1, -0.05) is 17.7 Å². The second kappa shape index (κ2) is 5.57. The zero-order valence-corrected chi connectivity index (χ0v) is 13.6. The number of halogens is 1. The summed E-state index contributed by atoms with van der Waals surface area (Å²) in [6.45, 7) is 1.19. The number of fused-ring (bicyclic) bond motifs is 3. The van der Waals surface area contributed by atoms with Gasteiger partial charge in [-0.2, -0.15) is 0 Å². The Bertz CT molecular complexity index is 516. The summed E-state index contributed by atoms with van der Waals surface area (Å²) in [5.74, 6) is 0.870. The highest BCUT2D eigenvalue weighted by molar-refractivity contribution is 6.30. The van der Waals surface area contributed by atoms with Gasteiger partial charge in [0, 0.05) is 23.1 Å². The predicted octanol–water partition coefficient (Wildman–Crippen LogP) is 3.79. The topological polar surface area (TPSA) is 15.3 Å². The third-order valence-electron chi connectivity index (χ3n) is 6.03. The van der Waals surface area contributed by atoms with Crippen LogP contribution in [0.4, 0.5) is 0 Å². The molecule has 4 rings (SSSR count). The lowest BCUT2D eigenvalue weighted by atomic mass is 9.90. The number of nitrogens with zero attached hydrogens (tertiary/aromatic N) is 1. The molecule has 3 aliphatic rings. The van der Waals surface area contributed by atoms with Crippen molar-refractivity contribution in [2.45, 2.75) is 56.7 Å². The van der Waals surface area contributed by atoms with Crippen molar-refractivity contribution in [1.29, 1.82) is 0 Å². The number of piperidine rings is 1. The van der Waals surface area contributed by atoms with E-state index in [1.165, 1.54) is 56.2 Å². The fourth-order valence-corrected chi connectivity index (χ4v) is 4.99. The van der Waals surface area contributed by atoms with E-state index in [4.69, 9.17) is 11.6 Å². The van der Waals surface area contributed by atoms with Crippen molar-refractivity contribution in [2.24, 2.45) is 5.92 Å². The molecule has 21 heavy (non-hydrogen) atoms. The molecule has 2 heterocycles. The number of rotatable bonds is 3. The number of aryl methyl sites for hydroxylation is 1. The van der Waals surface area contributed by atoms with E-state index in [2.05, 4.69) is 29.4 Å². The maximum Gasteiger partial charge on any atom is 0.0408 e. The standard InChI is InChI=1S/C18H25ClN2/c1-21-15-4-5-16(21)9-12(8-15)11-20-18-7-2-13-10-14(19)3-6-17(13)18/h3,6,10,12,15-16,18,20H,2,4-5,7-9,11H2,1H3. The van der Waals surface area contributed by atoms with Gasteiger partial charge in [0.05, 0.1) is 0 Å². The molecule has 2 nitrogen and oxygen atoms in total. The van der Waals surface area contributed by atoms with Crippen molar-refractivity contribution in [2.75, 3.05) is 13.6 Å². The fourth-order valence-electron chi connectivity index (χ4n) is 4.80. The van der Waals surface area contributed by atoms with E-state index in [1.54, 1.807) is 0 Å². The first-order chi connectivity index (χ1) is 10.2. The molecular formula is C18H25ClN2. The Labute approximate surface area is 132 Å². The molecule has 3 atom stereocenters. The van der Waals surface area contributed by atoms with Crippen LogP contribution in [0.2, 0.25) is 5.02 Å². The zero-order chi connectivity index (χ0) is 14.4. The smallest absolute Gasteiger partial charge is 0.0408 e. The lowest BCUT2D eigenvalue weighted by molar-refractivity contribution is 0.131. The van der Waals surface area contributed by atoms with E-state index in [9.17, 15) is 0 Å². The second-order valence-electron chi connectivity index (χ2n) is 7.23. The Hall–Kier alpha value is -0.570. The van der Waals surface area contributed by atoms with Crippen LogP contribution in [-0.4, -0.2) is 30.6 Å². The molecule has 1 aromatic carbocycles. The predicted molar refractivity (Wildman–Crippen MR) is 87.8 cm³/mol. The van der Waals surface area contributed by atoms with Crippen LogP contribution in [0.15, 0.2) is 18.2 Å². The molecule has 2 fully saturated rings. The number of hydrogen-bond acceptors (Lipinski definition) is 2. The Balaban J connectivity index is 1.37. The second-order valence-corrected chi connectivity index (χ2v) is 7.67. The van der Waals surface area contributed by atoms with Crippen LogP contribution >= 0.6 is 11.6 Å². The molecular weight excluding hydrogens is 280 g/mol. The van der Waals surface area contributed by atoms with Gasteiger partial charge in [-0.05, 0) is 81.3 Å². The first-order valence-corrected chi connectivity index (χ1v) is 8.82. The molecule has 2 saturated heterocycles. The number of hydrogen-bond donors (Lipinski definition) is 1. The Morgan fingerprint density at radius 1 is 1.19 bits per heavy atom. The largest absolute Gasteiger partial charge is 0.310 e. The number of benzene rings is 1. The van der Waals surface area contributed by atoms with Crippen LogP contribution in [0.3, 0.4) is 0 Å². The lowest BCUT2D eigenvalue weighted by Crippen LogP contribution is -2.42. The van der Waals surface area contributed by atoms with Crippen LogP contribution in [0, 0.1) is 5.92 Å². The molecule has 0 spiro atoms. The summed E-state index contributed by atoms with van der Waals surface area (Å²) >= 11 is 6.10. The van der Waals surface area contributed by atoms with Crippen molar-refractivity contribution in [3.8, 4) is 0 Å². The lowest BCUT2D eigenvalue weighted by Gasteiger charge is -2.36. The van der Waals surface area contributed by atoms with E-state index in [0.717, 1.165) is 23.0 Å². The van der Waals surface area contributed by atoms with Crippen molar-refractivity contribution in [3.63, 3.8) is 0 Å². The summed E-state index contributed by atoms with van der Waals surface area (Å²) in [6, 6.07) is 8.66. The maximum atomic E-state index is 6.10. The molecule has 1 aliphatic carbocycles. The van der Waals surface area contributed by atoms with Crippen LogP contribution in [0.25, 0.3) is 0 Å². The minimum absolute atomic E-state index is 0.551. The minimum Gasteiger partial charge on any atom is -0.310 e. The highest BCUT2D eigenvalue weighted by Crippen LogP contribution is 2.38. The van der Waals surface area contributed by atoms with Gasteiger partial charge < -0.3 is 10.2 Å². The molecule has 0 aromatic heterocycles. The monoisotopic (exact) mass is 304 g/mol. The van der Waals surface area contributed by atoms with Gasteiger partial charge in [0.2, 0.25) is 0 Å². The van der Waals surface area contributed by atoms with Crippen LogP contribution in [0.5, 0.6) is 0 Å². The van der Waals surface area contributed by atoms with E-state index in [0.29, 0.717) is 6.04 Å². The first-order valence-electron chi connectivity index (χ1n) is 8.44. The summed E-state index contributed by atoms with van der Waals surface area (Å²) < 4.78 is 0. The van der Waals surface area contributed by atoms with Crippen LogP contribution in [0.1, 0.15) is 49.3 Å². The fraction of sp³-hybridized carbons (Fsp3) is 0.667. The van der Waals surface area contributed by atoms with E-state index in [1.807, 2.05) is 6.07 Å². The molecule has 0 saturated carbocycles. The van der Waals surface area contributed by atoms with Gasteiger partial charge in [0.1, 0.15) is 0 Å². The van der Waals surface area contributed by atoms with Crippen molar-refractivity contribution in [3.05, 3.63) is 34.3 Å². The van der Waals surface area contributed by atoms with E-state index in [-0.39, 0.29) is 0 Å². The van der Waals surface area contributed by atoms with Gasteiger partial charge in [-0.15, -0.1) is 0 Å². The summed E-state index contributed by atoms with van der Waals surface area (Å²) in [4.78, 5) is 2.63. The minimum atomic E-state index is 0.551. The van der Waals surface area contributed by atoms with E-state index >= 15 is 0 Å².